The summed E-state index contributed by atoms with van der Waals surface area (Å²) < 4.78 is 23.3. The van der Waals surface area contributed by atoms with Crippen molar-refractivity contribution < 1.29 is 53.1 Å². The van der Waals surface area contributed by atoms with Crippen molar-refractivity contribution in [1.82, 2.24) is 9.55 Å². The predicted octanol–water partition coefficient (Wildman–Crippen LogP) is 0.995. The van der Waals surface area contributed by atoms with Gasteiger partial charge in [0.05, 0.1) is 39.1 Å². The zero-order valence-electron chi connectivity index (χ0n) is 18.6. The molecule has 170 valence electrons. The second kappa shape index (κ2) is 9.26. The van der Waals surface area contributed by atoms with Gasteiger partial charge in [0, 0.05) is 16.5 Å². The van der Waals surface area contributed by atoms with E-state index in [0.29, 0.717) is 33.4 Å². The number of aryl methyl sites for hydroxylation is 1. The van der Waals surface area contributed by atoms with Crippen LogP contribution in [0.25, 0.3) is 22.3 Å². The van der Waals surface area contributed by atoms with Crippen molar-refractivity contribution in [3.63, 3.8) is 0 Å². The van der Waals surface area contributed by atoms with Crippen LogP contribution in [0.4, 0.5) is 0 Å². The summed E-state index contributed by atoms with van der Waals surface area (Å²) in [4.78, 5) is 42.4. The first kappa shape index (κ1) is 25.7. The van der Waals surface area contributed by atoms with Gasteiger partial charge in [0.1, 0.15) is 6.61 Å². The molecule has 0 spiro atoms. The molecule has 2 aliphatic rings. The molecule has 2 aliphatic heterocycles. The first-order valence-electron chi connectivity index (χ1n) is 10.3. The average molecular weight is 530 g/mol. The Morgan fingerprint density at radius 3 is 2.56 bits per heavy atom. The number of ether oxygens (including phenoxy) is 1. The number of pyridine rings is 2. The maximum absolute atomic E-state index is 13.5. The molecule has 0 bridgehead atoms. The first-order chi connectivity index (χ1) is 15.7. The van der Waals surface area contributed by atoms with Crippen LogP contribution in [0.1, 0.15) is 42.5 Å². The van der Waals surface area contributed by atoms with Crippen LogP contribution in [0.5, 0.6) is 0 Å². The Bertz CT molecular complexity index is 1460. The molecule has 2 atom stereocenters. The normalized spacial score (nSPS) is 18.6. The molecule has 12 heteroatoms. The number of aromatic nitrogens is 2. The van der Waals surface area contributed by atoms with Crippen LogP contribution in [-0.4, -0.2) is 15.5 Å². The van der Waals surface area contributed by atoms with Gasteiger partial charge in [-0.05, 0) is 41.2 Å². The molecule has 34 heavy (non-hydrogen) atoms. The number of benzene rings is 1. The molecule has 3 aromatic rings. The third-order valence-corrected chi connectivity index (χ3v) is 7.58. The summed E-state index contributed by atoms with van der Waals surface area (Å²) in [6.07, 6.45) is 0.638. The Morgan fingerprint density at radius 2 is 1.91 bits per heavy atom. The number of rotatable bonds is 4. The molecule has 2 aromatic heterocycles. The zero-order valence-corrected chi connectivity index (χ0v) is 23.0. The monoisotopic (exact) mass is 529 g/mol. The van der Waals surface area contributed by atoms with Crippen molar-refractivity contribution >= 4 is 48.3 Å². The molecule has 1 aromatic carbocycles. The number of cyclic esters (lactones) is 1. The van der Waals surface area contributed by atoms with Crippen molar-refractivity contribution in [2.24, 2.45) is 0 Å². The van der Waals surface area contributed by atoms with Gasteiger partial charge < -0.3 is 14.2 Å². The quantitative estimate of drug-likeness (QED) is 0.220. The Morgan fingerprint density at radius 1 is 1.21 bits per heavy atom. The Labute approximate surface area is 227 Å². The van der Waals surface area contributed by atoms with E-state index < -0.39 is 19.8 Å². The second-order valence-corrected chi connectivity index (χ2v) is 9.38. The van der Waals surface area contributed by atoms with Gasteiger partial charge >= 0.3 is 43.8 Å². The van der Waals surface area contributed by atoms with Gasteiger partial charge in [0.2, 0.25) is 5.60 Å². The number of hydrogen-bond acceptors (Lipinski definition) is 7. The van der Waals surface area contributed by atoms with E-state index in [-0.39, 0.29) is 65.8 Å². The van der Waals surface area contributed by atoms with Crippen molar-refractivity contribution in [1.29, 1.82) is 0 Å². The van der Waals surface area contributed by atoms with Crippen molar-refractivity contribution in [3.05, 3.63) is 60.9 Å². The minimum Gasteiger partial charge on any atom is -0.566 e. The standard InChI is InChI=1S/C22H17Cl2N2O6P.Na/c1-3-10-11-5-15(23)16(24)7-17(11)25-19-12(10)8-26-18(19)6-14-13(20(26)27)9-31-21(28)22(14,4-2)32-33(29)30;/h5-7H,3-4,8-9H2,1-2H3;/q;+1/t22-;/m0./s1. The summed E-state index contributed by atoms with van der Waals surface area (Å²) in [6, 6.07) is 5.08. The van der Waals surface area contributed by atoms with Gasteiger partial charge in [-0.3, -0.25) is 4.79 Å². The first-order valence-corrected chi connectivity index (χ1v) is 12.2. The van der Waals surface area contributed by atoms with Gasteiger partial charge in [0.25, 0.3) is 5.56 Å². The van der Waals surface area contributed by atoms with Crippen LogP contribution in [0, 0.1) is 0 Å². The molecule has 4 heterocycles. The van der Waals surface area contributed by atoms with E-state index in [1.54, 1.807) is 29.7 Å². The second-order valence-electron chi connectivity index (χ2n) is 7.94. The maximum atomic E-state index is 13.5. The molecule has 0 aliphatic carbocycles. The van der Waals surface area contributed by atoms with Gasteiger partial charge in [-0.2, -0.15) is 0 Å². The summed E-state index contributed by atoms with van der Waals surface area (Å²) in [5.41, 5.74) is 1.63. The molecule has 5 rings (SSSR count). The van der Waals surface area contributed by atoms with Crippen molar-refractivity contribution in [2.75, 3.05) is 0 Å². The summed E-state index contributed by atoms with van der Waals surface area (Å²) in [5.74, 6) is -0.846. The third kappa shape index (κ3) is 3.67. The van der Waals surface area contributed by atoms with E-state index in [1.807, 2.05) is 6.92 Å². The topological polar surface area (TPSA) is 111 Å². The average Bonchev–Trinajstić information content (AvgIpc) is 3.13. The molecule has 0 radical (unpaired) electrons. The molecule has 0 saturated heterocycles. The molecule has 0 saturated carbocycles. The van der Waals surface area contributed by atoms with E-state index >= 15 is 0 Å². The SMILES string of the molecule is CCc1c2c(nc3cc(Cl)c(Cl)cc13)-c1cc3c(c(=O)n1C2)COC(=O)[C@@]3(CC)O[P+](=O)[O-].[Na+]. The minimum absolute atomic E-state index is 0. The van der Waals surface area contributed by atoms with Gasteiger partial charge in [-0.1, -0.05) is 37.0 Å². The zero-order chi connectivity index (χ0) is 23.7. The fourth-order valence-electron chi connectivity index (χ4n) is 4.83. The number of carbonyl (C=O) groups excluding carboxylic acids is 1. The van der Waals surface area contributed by atoms with E-state index in [0.717, 1.165) is 16.5 Å². The fraction of sp³-hybridized carbons (Fsp3) is 0.318. The van der Waals surface area contributed by atoms with Gasteiger partial charge in [0.15, 0.2) is 0 Å². The smallest absolute Gasteiger partial charge is 0.566 e. The van der Waals surface area contributed by atoms with Crippen LogP contribution in [0.2, 0.25) is 10.0 Å². The van der Waals surface area contributed by atoms with Crippen LogP contribution in [0.15, 0.2) is 23.0 Å². The molecular weight excluding hydrogens is 513 g/mol. The van der Waals surface area contributed by atoms with E-state index in [4.69, 9.17) is 37.4 Å². The molecule has 0 amide bonds. The summed E-state index contributed by atoms with van der Waals surface area (Å²) in [6.45, 7) is 3.63. The number of esters is 1. The van der Waals surface area contributed by atoms with Crippen molar-refractivity contribution in [3.8, 4) is 11.4 Å². The van der Waals surface area contributed by atoms with E-state index in [9.17, 15) is 19.0 Å². The maximum Gasteiger partial charge on any atom is 1.00 e. The Hall–Kier alpha value is -1.35. The van der Waals surface area contributed by atoms with Crippen LogP contribution in [0.3, 0.4) is 0 Å². The third-order valence-electron chi connectivity index (χ3n) is 6.40. The largest absolute Gasteiger partial charge is 1.00 e. The number of halogens is 2. The van der Waals surface area contributed by atoms with Crippen molar-refractivity contribution in [2.45, 2.75) is 45.4 Å². The van der Waals surface area contributed by atoms with Crippen LogP contribution < -0.4 is 40.0 Å². The van der Waals surface area contributed by atoms with E-state index in [2.05, 4.69) is 0 Å². The summed E-state index contributed by atoms with van der Waals surface area (Å²) in [7, 11) is -3.39. The fourth-order valence-corrected chi connectivity index (χ4v) is 5.71. The van der Waals surface area contributed by atoms with Gasteiger partial charge in [-0.15, -0.1) is 4.52 Å². The van der Waals surface area contributed by atoms with Crippen LogP contribution in [-0.2, 0) is 43.8 Å². The number of carbonyl (C=O) groups is 1. The molecule has 0 N–H and O–H groups in total. The van der Waals surface area contributed by atoms with E-state index in [1.165, 1.54) is 0 Å². The predicted molar refractivity (Wildman–Crippen MR) is 120 cm³/mol. The molecule has 8 nitrogen and oxygen atoms in total. The Kier molecular flexibility index (Phi) is 7.01. The summed E-state index contributed by atoms with van der Waals surface area (Å²) >= 11 is 12.5. The van der Waals surface area contributed by atoms with Crippen LogP contribution >= 0.6 is 31.5 Å². The molecule has 1 unspecified atom stereocenters. The number of hydrogen-bond donors (Lipinski definition) is 0. The Balaban J connectivity index is 0.00000274. The summed E-state index contributed by atoms with van der Waals surface area (Å²) in [5, 5.41) is 1.63. The molecule has 0 fully saturated rings. The minimum atomic E-state index is -3.39. The number of nitrogens with zero attached hydrogens (tertiary/aromatic N) is 2. The number of fused-ring (bicyclic) bond motifs is 5. The van der Waals surface area contributed by atoms with Gasteiger partial charge in [-0.25, -0.2) is 9.78 Å². The molecular formula is C22H17Cl2N2NaO6P+.